The van der Waals surface area contributed by atoms with Crippen molar-refractivity contribution in [3.8, 4) is 0 Å². The summed E-state index contributed by atoms with van der Waals surface area (Å²) in [6, 6.07) is 7.69. The van der Waals surface area contributed by atoms with Gasteiger partial charge in [0.1, 0.15) is 5.41 Å². The van der Waals surface area contributed by atoms with Crippen molar-refractivity contribution in [3.05, 3.63) is 64.2 Å². The van der Waals surface area contributed by atoms with Crippen molar-refractivity contribution in [1.82, 2.24) is 5.32 Å². The van der Waals surface area contributed by atoms with E-state index in [4.69, 9.17) is 21.5 Å². The first kappa shape index (κ1) is 34.8. The number of aliphatic carboxylic acids is 1. The molecule has 0 unspecified atom stereocenters. The first-order valence-corrected chi connectivity index (χ1v) is 15.1. The van der Waals surface area contributed by atoms with Gasteiger partial charge in [-0.25, -0.2) is 13.6 Å². The van der Waals surface area contributed by atoms with E-state index >= 15 is 4.39 Å². The smallest absolute Gasteiger partial charge is 0.475 e. The summed E-state index contributed by atoms with van der Waals surface area (Å²) in [4.78, 5) is 37.0. The third-order valence-corrected chi connectivity index (χ3v) is 9.07. The second-order valence-corrected chi connectivity index (χ2v) is 13.7. The number of carbonyl (C=O) groups is 3. The summed E-state index contributed by atoms with van der Waals surface area (Å²) in [7, 11) is 0. The largest absolute Gasteiger partial charge is 0.490 e. The number of Topliss-reactive ketones (excluding diaryl/α,β-unsaturated/α-hetero) is 1. The molecular formula is C32H36ClF5N2O5. The average Bonchev–Trinajstić information content (AvgIpc) is 3.40. The Labute approximate surface area is 262 Å². The number of hydrogen-bond donors (Lipinski definition) is 4. The van der Waals surface area contributed by atoms with Crippen molar-refractivity contribution in [1.29, 1.82) is 0 Å². The van der Waals surface area contributed by atoms with Gasteiger partial charge in [-0.1, -0.05) is 50.6 Å². The molecule has 2 aliphatic heterocycles. The minimum Gasteiger partial charge on any atom is -0.475 e. The summed E-state index contributed by atoms with van der Waals surface area (Å²) < 4.78 is 61.9. The highest BCUT2D eigenvalue weighted by atomic mass is 35.5. The predicted molar refractivity (Wildman–Crippen MR) is 157 cm³/mol. The van der Waals surface area contributed by atoms with Gasteiger partial charge in [-0.15, -0.1) is 0 Å². The van der Waals surface area contributed by atoms with Crippen molar-refractivity contribution >= 4 is 34.9 Å². The van der Waals surface area contributed by atoms with Crippen molar-refractivity contribution in [3.63, 3.8) is 0 Å². The minimum atomic E-state index is -5.08. The zero-order chi connectivity index (χ0) is 33.5. The number of hydrogen-bond acceptors (Lipinski definition) is 5. The molecule has 0 aromatic heterocycles. The summed E-state index contributed by atoms with van der Waals surface area (Å²) in [5.74, 6) is -6.13. The van der Waals surface area contributed by atoms with Gasteiger partial charge in [0.2, 0.25) is 5.91 Å². The second-order valence-electron chi connectivity index (χ2n) is 13.2. The monoisotopic (exact) mass is 658 g/mol. The Bertz CT molecular complexity index is 1450. The lowest BCUT2D eigenvalue weighted by molar-refractivity contribution is -0.192. The third kappa shape index (κ3) is 7.18. The van der Waals surface area contributed by atoms with Gasteiger partial charge < -0.3 is 20.8 Å². The Hall–Kier alpha value is -3.09. The number of nitrogens with one attached hydrogen (secondary N) is 2. The second kappa shape index (κ2) is 13.0. The minimum absolute atomic E-state index is 0.0178. The molecule has 1 saturated carbocycles. The molecule has 1 amide bonds. The quantitative estimate of drug-likeness (QED) is 0.272. The van der Waals surface area contributed by atoms with Crippen molar-refractivity contribution in [2.45, 2.75) is 95.0 Å². The molecule has 5 rings (SSSR count). The maximum absolute atomic E-state index is 15.6. The lowest BCUT2D eigenvalue weighted by atomic mass is 9.62. The van der Waals surface area contributed by atoms with Gasteiger partial charge in [0.15, 0.2) is 17.4 Å². The van der Waals surface area contributed by atoms with Gasteiger partial charge in [-0.3, -0.25) is 9.59 Å². The van der Waals surface area contributed by atoms with Crippen LogP contribution in [0.4, 0.5) is 27.6 Å². The van der Waals surface area contributed by atoms with Gasteiger partial charge >= 0.3 is 12.1 Å². The van der Waals surface area contributed by atoms with Crippen LogP contribution in [0.1, 0.15) is 76.3 Å². The van der Waals surface area contributed by atoms with E-state index in [1.54, 1.807) is 18.2 Å². The van der Waals surface area contributed by atoms with Gasteiger partial charge in [0, 0.05) is 29.1 Å². The summed E-state index contributed by atoms with van der Waals surface area (Å²) in [6.45, 7) is 6.16. The zero-order valence-corrected chi connectivity index (χ0v) is 25.7. The molecule has 1 spiro atoms. The van der Waals surface area contributed by atoms with Gasteiger partial charge in [-0.2, -0.15) is 13.2 Å². The highest BCUT2D eigenvalue weighted by Gasteiger charge is 2.66. The van der Waals surface area contributed by atoms with Crippen LogP contribution in [-0.4, -0.2) is 52.2 Å². The first-order chi connectivity index (χ1) is 20.9. The summed E-state index contributed by atoms with van der Waals surface area (Å²) in [5, 5.41) is 23.9. The van der Waals surface area contributed by atoms with E-state index in [2.05, 4.69) is 31.4 Å². The molecule has 246 valence electrons. The number of anilines is 1. The van der Waals surface area contributed by atoms with Gasteiger partial charge in [-0.05, 0) is 72.8 Å². The Kier molecular flexibility index (Phi) is 10.0. The molecule has 2 heterocycles. The normalized spacial score (nSPS) is 27.9. The van der Waals surface area contributed by atoms with E-state index in [0.717, 1.165) is 18.9 Å². The van der Waals surface area contributed by atoms with Crippen LogP contribution in [0.15, 0.2) is 36.4 Å². The average molecular weight is 659 g/mol. The molecule has 1 saturated heterocycles. The Morgan fingerprint density at radius 2 is 1.67 bits per heavy atom. The van der Waals surface area contributed by atoms with Crippen molar-refractivity contribution in [2.24, 2.45) is 11.3 Å². The fourth-order valence-corrected chi connectivity index (χ4v) is 7.14. The number of alkyl halides is 3. The lowest BCUT2D eigenvalue weighted by Gasteiger charge is -2.37. The summed E-state index contributed by atoms with van der Waals surface area (Å²) in [5.41, 5.74) is -0.393. The topological polar surface area (TPSA) is 116 Å². The van der Waals surface area contributed by atoms with E-state index in [9.17, 15) is 32.3 Å². The number of carbonyl (C=O) groups excluding carboxylic acids is 2. The van der Waals surface area contributed by atoms with E-state index < -0.39 is 47.2 Å². The fourth-order valence-electron chi connectivity index (χ4n) is 6.96. The number of ketones is 1. The maximum Gasteiger partial charge on any atom is 0.490 e. The number of carboxylic acid groups (broad SMARTS) is 1. The Balaban J connectivity index is 0.000000591. The number of rotatable bonds is 5. The fraction of sp³-hybridized carbons (Fsp3) is 0.531. The number of benzene rings is 2. The van der Waals surface area contributed by atoms with Crippen LogP contribution in [0.25, 0.3) is 0 Å². The van der Waals surface area contributed by atoms with Crippen LogP contribution >= 0.6 is 11.6 Å². The number of fused-ring (bicyclic) bond motifs is 2. The van der Waals surface area contributed by atoms with Gasteiger partial charge in [0.05, 0.1) is 12.1 Å². The van der Waals surface area contributed by atoms with E-state index in [-0.39, 0.29) is 41.1 Å². The van der Waals surface area contributed by atoms with E-state index in [1.807, 2.05) is 0 Å². The molecule has 2 fully saturated rings. The highest BCUT2D eigenvalue weighted by Crippen LogP contribution is 2.57. The van der Waals surface area contributed by atoms with Crippen molar-refractivity contribution < 1.29 is 46.5 Å². The number of halogens is 6. The molecular weight excluding hydrogens is 623 g/mol. The number of amides is 1. The predicted octanol–water partition coefficient (Wildman–Crippen LogP) is 6.51. The van der Waals surface area contributed by atoms with Crippen LogP contribution < -0.4 is 10.6 Å². The lowest BCUT2D eigenvalue weighted by Crippen LogP contribution is -2.49. The highest BCUT2D eigenvalue weighted by molar-refractivity contribution is 6.31. The van der Waals surface area contributed by atoms with Crippen LogP contribution in [0.5, 0.6) is 0 Å². The molecule has 4 atom stereocenters. The zero-order valence-electron chi connectivity index (χ0n) is 25.0. The molecule has 2 aromatic rings. The van der Waals surface area contributed by atoms with Crippen LogP contribution in [0, 0.1) is 23.0 Å². The summed E-state index contributed by atoms with van der Waals surface area (Å²) >= 11 is 6.26. The molecule has 13 heteroatoms. The Morgan fingerprint density at radius 1 is 1.04 bits per heavy atom. The van der Waals surface area contributed by atoms with Crippen molar-refractivity contribution in [2.75, 3.05) is 5.32 Å². The maximum atomic E-state index is 15.6. The summed E-state index contributed by atoms with van der Waals surface area (Å²) in [6.07, 6.45) is -1.89. The molecule has 0 bridgehead atoms. The number of carboxylic acids is 1. The molecule has 7 nitrogen and oxygen atoms in total. The third-order valence-electron chi connectivity index (χ3n) is 8.83. The first-order valence-electron chi connectivity index (χ1n) is 14.7. The molecule has 4 N–H and O–H groups in total. The van der Waals surface area contributed by atoms with E-state index in [1.165, 1.54) is 12.1 Å². The standard InChI is InChI=1S/C30H35ClF2N2O3.C2HF3O2/c1-29(2,3)15-24-30(20-12-9-17(31)14-22(20)34-28(30)38)25(19-5-4-6-21(32)26(19)33)27(35-24)23(37)13-16-7-10-18(36)11-8-16;3-2(4,5)1(6)7/h4-6,9,12,14,16,18,24-25,27,35-36H,7-8,10-11,13,15H2,1-3H3,(H,34,38);(H,6,7)/t16?,18?,24-,25+,27+,30+;/m1./s1. The molecule has 2 aromatic carbocycles. The SMILES string of the molecule is CC(C)(C)C[C@H]1N[C@@H](C(=O)CC2CCC(O)CC2)[C@H](c2cccc(F)c2F)[C@@]12C(=O)Nc1cc(Cl)ccc12.O=C(O)C(F)(F)F. The van der Waals surface area contributed by atoms with E-state index in [0.29, 0.717) is 35.5 Å². The van der Waals surface area contributed by atoms with Crippen LogP contribution in [-0.2, 0) is 19.8 Å². The molecule has 1 aliphatic carbocycles. The molecule has 3 aliphatic rings. The van der Waals surface area contributed by atoms with Gasteiger partial charge in [0.25, 0.3) is 0 Å². The molecule has 0 radical (unpaired) electrons. The number of aliphatic hydroxyl groups excluding tert-OH is 1. The Morgan fingerprint density at radius 3 is 2.24 bits per heavy atom. The van der Waals surface area contributed by atoms with Crippen LogP contribution in [0.3, 0.4) is 0 Å². The molecule has 45 heavy (non-hydrogen) atoms. The number of aliphatic hydroxyl groups is 1. The van der Waals surface area contributed by atoms with Crippen LogP contribution in [0.2, 0.25) is 5.02 Å².